The third kappa shape index (κ3) is 4.53. The highest BCUT2D eigenvalue weighted by Gasteiger charge is 2.09. The molecule has 2 amide bonds. The Bertz CT molecular complexity index is 1090. The van der Waals surface area contributed by atoms with Crippen LogP contribution in [-0.4, -0.2) is 32.0 Å². The molecular weight excluding hydrogens is 372 g/mol. The summed E-state index contributed by atoms with van der Waals surface area (Å²) in [6, 6.07) is 17.5. The SMILES string of the molecule is O=C(Cc1ccc(-n2cnnn2)cc1)Nc1ccc(NC(=O)c2ccco2)cc1. The van der Waals surface area contributed by atoms with Crippen LogP contribution in [0.2, 0.25) is 0 Å². The normalized spacial score (nSPS) is 10.5. The molecule has 4 aromatic rings. The maximum Gasteiger partial charge on any atom is 0.291 e. The summed E-state index contributed by atoms with van der Waals surface area (Å²) < 4.78 is 6.59. The van der Waals surface area contributed by atoms with Gasteiger partial charge >= 0.3 is 0 Å². The van der Waals surface area contributed by atoms with E-state index in [2.05, 4.69) is 26.2 Å². The number of nitrogens with one attached hydrogen (secondary N) is 2. The minimum absolute atomic E-state index is 0.146. The molecule has 0 saturated heterocycles. The lowest BCUT2D eigenvalue weighted by molar-refractivity contribution is -0.115. The molecule has 2 aromatic heterocycles. The molecule has 0 spiro atoms. The molecule has 0 bridgehead atoms. The van der Waals surface area contributed by atoms with E-state index in [1.165, 1.54) is 17.3 Å². The number of aromatic nitrogens is 4. The second kappa shape index (κ2) is 8.17. The molecule has 0 aliphatic heterocycles. The lowest BCUT2D eigenvalue weighted by Crippen LogP contribution is -2.14. The van der Waals surface area contributed by atoms with E-state index in [1.807, 2.05) is 24.3 Å². The van der Waals surface area contributed by atoms with Gasteiger partial charge in [-0.05, 0) is 64.5 Å². The zero-order chi connectivity index (χ0) is 20.1. The average Bonchev–Trinajstić information content (AvgIpc) is 3.44. The number of carbonyl (C=O) groups excluding carboxylic acids is 2. The minimum atomic E-state index is -0.336. The Kier molecular flexibility index (Phi) is 5.10. The largest absolute Gasteiger partial charge is 0.459 e. The fourth-order valence-electron chi connectivity index (χ4n) is 2.67. The van der Waals surface area contributed by atoms with Crippen molar-refractivity contribution in [1.82, 2.24) is 20.2 Å². The molecular formula is C20H16N6O3. The lowest BCUT2D eigenvalue weighted by Gasteiger charge is -2.08. The molecule has 2 heterocycles. The van der Waals surface area contributed by atoms with E-state index in [4.69, 9.17) is 4.42 Å². The lowest BCUT2D eigenvalue weighted by atomic mass is 10.1. The van der Waals surface area contributed by atoms with Gasteiger partial charge in [0.2, 0.25) is 5.91 Å². The number of anilines is 2. The highest BCUT2D eigenvalue weighted by atomic mass is 16.3. The summed E-state index contributed by atoms with van der Waals surface area (Å²) in [5.74, 6) is -0.252. The fourth-order valence-corrected chi connectivity index (χ4v) is 2.67. The average molecular weight is 388 g/mol. The molecule has 0 unspecified atom stereocenters. The first-order chi connectivity index (χ1) is 14.2. The predicted molar refractivity (Wildman–Crippen MR) is 105 cm³/mol. The molecule has 0 fully saturated rings. The first-order valence-corrected chi connectivity index (χ1v) is 8.74. The first kappa shape index (κ1) is 18.1. The van der Waals surface area contributed by atoms with Crippen molar-refractivity contribution in [3.63, 3.8) is 0 Å². The van der Waals surface area contributed by atoms with E-state index in [0.717, 1.165) is 11.3 Å². The number of hydrogen-bond donors (Lipinski definition) is 2. The van der Waals surface area contributed by atoms with E-state index in [-0.39, 0.29) is 24.0 Å². The van der Waals surface area contributed by atoms with Gasteiger partial charge in [-0.3, -0.25) is 9.59 Å². The highest BCUT2D eigenvalue weighted by Crippen LogP contribution is 2.16. The summed E-state index contributed by atoms with van der Waals surface area (Å²) in [5, 5.41) is 16.6. The molecule has 0 saturated carbocycles. The molecule has 4 rings (SSSR count). The Morgan fingerprint density at radius 3 is 2.28 bits per heavy atom. The second-order valence-electron chi connectivity index (χ2n) is 6.15. The summed E-state index contributed by atoms with van der Waals surface area (Å²) in [6.07, 6.45) is 3.17. The molecule has 0 aliphatic rings. The molecule has 9 nitrogen and oxygen atoms in total. The van der Waals surface area contributed by atoms with Crippen LogP contribution in [0.15, 0.2) is 77.7 Å². The molecule has 0 atom stereocenters. The van der Waals surface area contributed by atoms with Crippen LogP contribution in [0.4, 0.5) is 11.4 Å². The van der Waals surface area contributed by atoms with Crippen LogP contribution in [0, 0.1) is 0 Å². The quantitative estimate of drug-likeness (QED) is 0.525. The Balaban J connectivity index is 1.32. The number of carbonyl (C=O) groups is 2. The highest BCUT2D eigenvalue weighted by molar-refractivity contribution is 6.02. The monoisotopic (exact) mass is 388 g/mol. The number of tetrazole rings is 1. The van der Waals surface area contributed by atoms with Gasteiger partial charge < -0.3 is 15.1 Å². The van der Waals surface area contributed by atoms with Crippen LogP contribution in [0.5, 0.6) is 0 Å². The smallest absolute Gasteiger partial charge is 0.291 e. The van der Waals surface area contributed by atoms with Gasteiger partial charge in [0.25, 0.3) is 5.91 Å². The summed E-state index contributed by atoms with van der Waals surface area (Å²) in [7, 11) is 0. The molecule has 0 aliphatic carbocycles. The third-order valence-electron chi connectivity index (χ3n) is 4.09. The summed E-state index contributed by atoms with van der Waals surface area (Å²) >= 11 is 0. The van der Waals surface area contributed by atoms with Crippen molar-refractivity contribution in [3.05, 3.63) is 84.6 Å². The van der Waals surface area contributed by atoms with Crippen molar-refractivity contribution in [1.29, 1.82) is 0 Å². The maximum atomic E-state index is 12.3. The number of furan rings is 1. The zero-order valence-corrected chi connectivity index (χ0v) is 15.1. The Labute approximate surface area is 165 Å². The van der Waals surface area contributed by atoms with E-state index in [1.54, 1.807) is 36.4 Å². The maximum absolute atomic E-state index is 12.3. The number of amides is 2. The summed E-state index contributed by atoms with van der Waals surface area (Å²) in [6.45, 7) is 0. The molecule has 29 heavy (non-hydrogen) atoms. The molecule has 0 radical (unpaired) electrons. The van der Waals surface area contributed by atoms with Crippen LogP contribution in [0.25, 0.3) is 5.69 Å². The van der Waals surface area contributed by atoms with E-state index in [9.17, 15) is 9.59 Å². The summed E-state index contributed by atoms with van der Waals surface area (Å²) in [5.41, 5.74) is 2.91. The van der Waals surface area contributed by atoms with E-state index in [0.29, 0.717) is 11.4 Å². The van der Waals surface area contributed by atoms with Gasteiger partial charge in [0.15, 0.2) is 5.76 Å². The van der Waals surface area contributed by atoms with E-state index < -0.39 is 0 Å². The van der Waals surface area contributed by atoms with Crippen molar-refractivity contribution in [2.24, 2.45) is 0 Å². The van der Waals surface area contributed by atoms with Crippen LogP contribution < -0.4 is 10.6 Å². The Morgan fingerprint density at radius 2 is 1.66 bits per heavy atom. The molecule has 2 aromatic carbocycles. The number of hydrogen-bond acceptors (Lipinski definition) is 6. The van der Waals surface area contributed by atoms with Gasteiger partial charge in [-0.25, -0.2) is 4.68 Å². The van der Waals surface area contributed by atoms with Gasteiger partial charge in [-0.1, -0.05) is 12.1 Å². The number of nitrogens with zero attached hydrogens (tertiary/aromatic N) is 4. The Morgan fingerprint density at radius 1 is 0.931 bits per heavy atom. The molecule has 144 valence electrons. The standard InChI is InChI=1S/C20H16N6O3/c27-19(12-14-3-9-17(10-4-14)26-13-21-24-25-26)22-15-5-7-16(8-6-15)23-20(28)18-2-1-11-29-18/h1-11,13H,12H2,(H,22,27)(H,23,28). The third-order valence-corrected chi connectivity index (χ3v) is 4.09. The minimum Gasteiger partial charge on any atom is -0.459 e. The second-order valence-corrected chi connectivity index (χ2v) is 6.15. The predicted octanol–water partition coefficient (Wildman–Crippen LogP) is 2.69. The van der Waals surface area contributed by atoms with Crippen molar-refractivity contribution >= 4 is 23.2 Å². The zero-order valence-electron chi connectivity index (χ0n) is 15.1. The van der Waals surface area contributed by atoms with Crippen LogP contribution in [0.1, 0.15) is 16.1 Å². The van der Waals surface area contributed by atoms with Gasteiger partial charge in [0.1, 0.15) is 6.33 Å². The van der Waals surface area contributed by atoms with Gasteiger partial charge in [-0.15, -0.1) is 5.10 Å². The van der Waals surface area contributed by atoms with Crippen LogP contribution in [0.3, 0.4) is 0 Å². The topological polar surface area (TPSA) is 115 Å². The fraction of sp³-hybridized carbons (Fsp3) is 0.0500. The number of rotatable bonds is 6. The summed E-state index contributed by atoms with van der Waals surface area (Å²) in [4.78, 5) is 24.2. The van der Waals surface area contributed by atoms with Gasteiger partial charge in [0, 0.05) is 11.4 Å². The van der Waals surface area contributed by atoms with Crippen molar-refractivity contribution in [3.8, 4) is 5.69 Å². The first-order valence-electron chi connectivity index (χ1n) is 8.74. The van der Waals surface area contributed by atoms with Crippen molar-refractivity contribution in [2.45, 2.75) is 6.42 Å². The van der Waals surface area contributed by atoms with Gasteiger partial charge in [0.05, 0.1) is 18.4 Å². The number of benzene rings is 2. The van der Waals surface area contributed by atoms with Crippen LogP contribution in [-0.2, 0) is 11.2 Å². The Hall–Kier alpha value is -4.27. The van der Waals surface area contributed by atoms with Gasteiger partial charge in [-0.2, -0.15) is 0 Å². The van der Waals surface area contributed by atoms with Crippen molar-refractivity contribution in [2.75, 3.05) is 10.6 Å². The molecule has 9 heteroatoms. The van der Waals surface area contributed by atoms with Crippen molar-refractivity contribution < 1.29 is 14.0 Å². The molecule has 2 N–H and O–H groups in total. The van der Waals surface area contributed by atoms with E-state index >= 15 is 0 Å². The van der Waals surface area contributed by atoms with Crippen LogP contribution >= 0.6 is 0 Å².